The molecule has 0 unspecified atom stereocenters. The molecule has 4 heteroatoms. The molecule has 0 N–H and O–H groups in total. The van der Waals surface area contributed by atoms with Crippen LogP contribution in [-0.2, 0) is 4.74 Å². The predicted octanol–water partition coefficient (Wildman–Crippen LogP) is 2.11. The van der Waals surface area contributed by atoms with Crippen molar-refractivity contribution in [1.29, 1.82) is 0 Å². The largest absolute Gasteiger partial charge is 0.449 e. The zero-order valence-corrected chi connectivity index (χ0v) is 5.45. The second-order valence-electron chi connectivity index (χ2n) is 0.910. The molecule has 0 aliphatic carbocycles. The maximum atomic E-state index is 9.78. The molecule has 0 amide bonds. The molecule has 0 saturated carbocycles. The first-order valence-corrected chi connectivity index (χ1v) is 2.66. The lowest BCUT2D eigenvalue weighted by atomic mass is 10.7. The molecule has 8 heavy (non-hydrogen) atoms. The smallest absolute Gasteiger partial charge is 0.404 e. The Hall–Kier alpha value is -0.210. The van der Waals surface area contributed by atoms with E-state index in [0.717, 1.165) is 0 Å². The molecule has 0 aliphatic heterocycles. The molecule has 0 radical (unpaired) electrons. The summed E-state index contributed by atoms with van der Waals surface area (Å²) in [7, 11) is 0. The molecule has 0 aliphatic rings. The molecule has 0 rings (SSSR count). The Morgan fingerprint density at radius 2 is 2.38 bits per heavy atom. The minimum atomic E-state index is -0.820. The van der Waals surface area contributed by atoms with E-state index in [9.17, 15) is 4.79 Å². The Kier molecular flexibility index (Phi) is 4.81. The van der Waals surface area contributed by atoms with Gasteiger partial charge in [0.15, 0.2) is 0 Å². The van der Waals surface area contributed by atoms with Gasteiger partial charge in [0.25, 0.3) is 0 Å². The molecule has 0 aromatic heterocycles. The molecule has 0 spiro atoms. The Morgan fingerprint density at radius 3 is 2.75 bits per heavy atom. The van der Waals surface area contributed by atoms with Crippen LogP contribution in [0, 0.1) is 0 Å². The van der Waals surface area contributed by atoms with Gasteiger partial charge in [-0.05, 0) is 6.08 Å². The van der Waals surface area contributed by atoms with Crippen molar-refractivity contribution >= 4 is 28.6 Å². The summed E-state index contributed by atoms with van der Waals surface area (Å²) in [6.45, 7) is 0.131. The average Bonchev–Trinajstić information content (AvgIpc) is 1.66. The number of hydrogen-bond acceptors (Lipinski definition) is 2. The van der Waals surface area contributed by atoms with Crippen molar-refractivity contribution in [3.05, 3.63) is 11.6 Å². The number of halogens is 2. The number of rotatable bonds is 2. The van der Waals surface area contributed by atoms with Crippen molar-refractivity contribution in [3.63, 3.8) is 0 Å². The fourth-order valence-electron chi connectivity index (χ4n) is 0.150. The van der Waals surface area contributed by atoms with E-state index in [2.05, 4.69) is 4.74 Å². The number of carbonyl (C=O) groups is 1. The Morgan fingerprint density at radius 1 is 1.75 bits per heavy atom. The van der Waals surface area contributed by atoms with Gasteiger partial charge in [-0.2, -0.15) is 0 Å². The van der Waals surface area contributed by atoms with Crippen LogP contribution in [0.3, 0.4) is 0 Å². The van der Waals surface area contributed by atoms with Crippen LogP contribution < -0.4 is 0 Å². The van der Waals surface area contributed by atoms with Gasteiger partial charge in [0, 0.05) is 17.1 Å². The maximum Gasteiger partial charge on any atom is 0.404 e. The minimum Gasteiger partial charge on any atom is -0.449 e. The summed E-state index contributed by atoms with van der Waals surface area (Å²) in [5.74, 6) is 0. The third-order valence-electron chi connectivity index (χ3n) is 0.382. The van der Waals surface area contributed by atoms with Crippen LogP contribution >= 0.6 is 23.2 Å². The first-order chi connectivity index (χ1) is 3.77. The quantitative estimate of drug-likeness (QED) is 0.570. The fraction of sp³-hybridized carbons (Fsp3) is 0.250. The normalized spacial score (nSPS) is 9.75. The van der Waals surface area contributed by atoms with E-state index in [1.165, 1.54) is 11.6 Å². The molecule has 0 bridgehead atoms. The van der Waals surface area contributed by atoms with Crippen molar-refractivity contribution in [3.8, 4) is 0 Å². The summed E-state index contributed by atoms with van der Waals surface area (Å²) in [5.41, 5.74) is 0.430. The topological polar surface area (TPSA) is 26.3 Å². The van der Waals surface area contributed by atoms with Gasteiger partial charge in [-0.15, -0.1) is 0 Å². The molecular weight excluding hydrogens is 151 g/mol. The van der Waals surface area contributed by atoms with Crippen LogP contribution in [-0.4, -0.2) is 12.0 Å². The molecule has 0 saturated heterocycles. The molecule has 2 nitrogen and oxygen atoms in total. The lowest BCUT2D eigenvalue weighted by Crippen LogP contribution is -1.91. The highest BCUT2D eigenvalue weighted by molar-refractivity contribution is 6.61. The highest BCUT2D eigenvalue weighted by Crippen LogP contribution is 1.87. The van der Waals surface area contributed by atoms with Crippen LogP contribution in [0.1, 0.15) is 0 Å². The lowest BCUT2D eigenvalue weighted by molar-refractivity contribution is 0.186. The van der Waals surface area contributed by atoms with Gasteiger partial charge in [-0.3, -0.25) is 0 Å². The summed E-state index contributed by atoms with van der Waals surface area (Å²) in [4.78, 5) is 9.78. The van der Waals surface area contributed by atoms with Gasteiger partial charge in [-0.1, -0.05) is 11.6 Å². The van der Waals surface area contributed by atoms with Gasteiger partial charge in [-0.25, -0.2) is 4.79 Å². The third-order valence-corrected chi connectivity index (χ3v) is 0.669. The van der Waals surface area contributed by atoms with Crippen LogP contribution in [0.2, 0.25) is 0 Å². The van der Waals surface area contributed by atoms with E-state index in [0.29, 0.717) is 0 Å². The van der Waals surface area contributed by atoms with Crippen molar-refractivity contribution < 1.29 is 9.53 Å². The average molecular weight is 155 g/mol. The van der Waals surface area contributed by atoms with Gasteiger partial charge in [0.1, 0.15) is 6.61 Å². The maximum absolute atomic E-state index is 9.78. The third kappa shape index (κ3) is 5.79. The highest BCUT2D eigenvalue weighted by atomic mass is 35.5. The fourth-order valence-corrected chi connectivity index (χ4v) is 0.286. The molecule has 0 aromatic carbocycles. The standard InChI is InChI=1S/C4H4Cl2O2/c5-2-1-3-8-4(6)7/h1-2H,3H2. The minimum absolute atomic E-state index is 0.131. The van der Waals surface area contributed by atoms with E-state index in [4.69, 9.17) is 23.2 Å². The van der Waals surface area contributed by atoms with E-state index in [-0.39, 0.29) is 6.61 Å². The van der Waals surface area contributed by atoms with Crippen LogP contribution in [0.25, 0.3) is 0 Å². The van der Waals surface area contributed by atoms with Gasteiger partial charge < -0.3 is 4.74 Å². The molecule has 0 fully saturated rings. The molecule has 46 valence electrons. The van der Waals surface area contributed by atoms with E-state index in [1.807, 2.05) is 0 Å². The van der Waals surface area contributed by atoms with Crippen LogP contribution in [0.4, 0.5) is 4.79 Å². The summed E-state index contributed by atoms with van der Waals surface area (Å²) in [5, 5.41) is 0. The summed E-state index contributed by atoms with van der Waals surface area (Å²) in [6, 6.07) is 0. The molecule has 0 heterocycles. The first-order valence-electron chi connectivity index (χ1n) is 1.85. The van der Waals surface area contributed by atoms with E-state index >= 15 is 0 Å². The lowest BCUT2D eigenvalue weighted by Gasteiger charge is -1.89. The molecule has 0 aromatic rings. The van der Waals surface area contributed by atoms with Crippen molar-refractivity contribution in [1.82, 2.24) is 0 Å². The van der Waals surface area contributed by atoms with Crippen molar-refractivity contribution in [2.24, 2.45) is 0 Å². The van der Waals surface area contributed by atoms with Crippen LogP contribution in [0.5, 0.6) is 0 Å². The summed E-state index contributed by atoms with van der Waals surface area (Å²) >= 11 is 9.85. The van der Waals surface area contributed by atoms with Gasteiger partial charge in [0.05, 0.1) is 0 Å². The van der Waals surface area contributed by atoms with E-state index < -0.39 is 5.43 Å². The Balaban J connectivity index is 3.05. The first kappa shape index (κ1) is 7.79. The van der Waals surface area contributed by atoms with Crippen molar-refractivity contribution in [2.75, 3.05) is 6.61 Å². The zero-order chi connectivity index (χ0) is 6.41. The number of hydrogen-bond donors (Lipinski definition) is 0. The molecular formula is C4H4Cl2O2. The Bertz CT molecular complexity index is 100. The van der Waals surface area contributed by atoms with Crippen molar-refractivity contribution in [2.45, 2.75) is 0 Å². The highest BCUT2D eigenvalue weighted by Gasteiger charge is 1.88. The summed E-state index contributed by atoms with van der Waals surface area (Å²) in [6.07, 6.45) is 1.46. The number of ether oxygens (including phenoxy) is 1. The Labute approximate surface area is 57.0 Å². The second kappa shape index (κ2) is 4.94. The SMILES string of the molecule is O=C(Cl)OCC=CCl. The molecule has 0 atom stereocenters. The zero-order valence-electron chi connectivity index (χ0n) is 3.93. The second-order valence-corrected chi connectivity index (χ2v) is 1.47. The summed E-state index contributed by atoms with van der Waals surface area (Å²) < 4.78 is 4.24. The number of carbonyl (C=O) groups excluding carboxylic acids is 1. The van der Waals surface area contributed by atoms with Gasteiger partial charge >= 0.3 is 5.43 Å². The monoisotopic (exact) mass is 154 g/mol. The van der Waals surface area contributed by atoms with Crippen LogP contribution in [0.15, 0.2) is 11.6 Å². The predicted molar refractivity (Wildman–Crippen MR) is 32.2 cm³/mol. The van der Waals surface area contributed by atoms with E-state index in [1.54, 1.807) is 0 Å². The van der Waals surface area contributed by atoms with Gasteiger partial charge in [0.2, 0.25) is 0 Å².